The maximum atomic E-state index is 4.78. The van der Waals surface area contributed by atoms with Gasteiger partial charge in [-0.05, 0) is 36.3 Å². The second-order valence-electron chi connectivity index (χ2n) is 4.68. The first-order valence-electron chi connectivity index (χ1n) is 6.89. The van der Waals surface area contributed by atoms with E-state index in [0.29, 0.717) is 0 Å². The van der Waals surface area contributed by atoms with E-state index in [9.17, 15) is 0 Å². The summed E-state index contributed by atoms with van der Waals surface area (Å²) in [5.41, 5.74) is 3.78. The molecular formula is C15H22N2S. The van der Waals surface area contributed by atoms with E-state index in [1.165, 1.54) is 29.7 Å². The van der Waals surface area contributed by atoms with Crippen LogP contribution in [-0.4, -0.2) is 15.3 Å². The van der Waals surface area contributed by atoms with E-state index in [1.54, 1.807) is 0 Å². The van der Waals surface area contributed by atoms with Crippen LogP contribution < -0.4 is 0 Å². The Hall–Kier alpha value is -0.960. The zero-order valence-electron chi connectivity index (χ0n) is 11.3. The summed E-state index contributed by atoms with van der Waals surface area (Å²) in [5.74, 6) is 2.04. The van der Waals surface area contributed by atoms with Gasteiger partial charge in [0, 0.05) is 13.0 Å². The Labute approximate surface area is 115 Å². The molecule has 0 radical (unpaired) electrons. The number of imidazole rings is 1. The maximum Gasteiger partial charge on any atom is 0.110 e. The van der Waals surface area contributed by atoms with Crippen molar-refractivity contribution in [1.82, 2.24) is 9.55 Å². The van der Waals surface area contributed by atoms with Crippen LogP contribution in [0.4, 0.5) is 0 Å². The molecule has 1 aromatic heterocycles. The Morgan fingerprint density at radius 2 is 2.11 bits per heavy atom. The second-order valence-corrected chi connectivity index (χ2v) is 5.13. The molecule has 2 nitrogen and oxygen atoms in total. The highest BCUT2D eigenvalue weighted by molar-refractivity contribution is 7.80. The predicted molar refractivity (Wildman–Crippen MR) is 81.6 cm³/mol. The van der Waals surface area contributed by atoms with E-state index in [-0.39, 0.29) is 0 Å². The van der Waals surface area contributed by atoms with Gasteiger partial charge in [0.05, 0.1) is 11.0 Å². The predicted octanol–water partition coefficient (Wildman–Crippen LogP) is 3.87. The van der Waals surface area contributed by atoms with Crippen molar-refractivity contribution in [2.24, 2.45) is 0 Å². The molecular weight excluding hydrogens is 240 g/mol. The molecule has 0 spiro atoms. The van der Waals surface area contributed by atoms with E-state index < -0.39 is 0 Å². The Morgan fingerprint density at radius 3 is 2.78 bits per heavy atom. The summed E-state index contributed by atoms with van der Waals surface area (Å²) in [7, 11) is 0. The molecule has 0 saturated heterocycles. The molecule has 1 heterocycles. The van der Waals surface area contributed by atoms with Crippen molar-refractivity contribution >= 4 is 23.7 Å². The fourth-order valence-electron chi connectivity index (χ4n) is 2.30. The molecule has 0 saturated carbocycles. The minimum Gasteiger partial charge on any atom is -0.328 e. The Kier molecular flexibility index (Phi) is 4.70. The van der Waals surface area contributed by atoms with Crippen molar-refractivity contribution in [2.45, 2.75) is 46.1 Å². The summed E-state index contributed by atoms with van der Waals surface area (Å²) < 4.78 is 2.37. The molecule has 0 atom stereocenters. The lowest BCUT2D eigenvalue weighted by Gasteiger charge is -2.07. The average Bonchev–Trinajstić information content (AvgIpc) is 2.73. The normalized spacial score (nSPS) is 11.3. The molecule has 1 aromatic carbocycles. The van der Waals surface area contributed by atoms with Gasteiger partial charge in [-0.15, -0.1) is 0 Å². The minimum absolute atomic E-state index is 0.857. The highest BCUT2D eigenvalue weighted by Gasteiger charge is 2.09. The van der Waals surface area contributed by atoms with Gasteiger partial charge in [0.15, 0.2) is 0 Å². The van der Waals surface area contributed by atoms with Crippen molar-refractivity contribution in [2.75, 3.05) is 5.75 Å². The minimum atomic E-state index is 0.857. The number of nitrogens with zero attached hydrogens (tertiary/aromatic N) is 2. The zero-order chi connectivity index (χ0) is 13.0. The van der Waals surface area contributed by atoms with Gasteiger partial charge in [-0.25, -0.2) is 4.98 Å². The number of hydrogen-bond acceptors (Lipinski definition) is 2. The van der Waals surface area contributed by atoms with E-state index >= 15 is 0 Å². The van der Waals surface area contributed by atoms with Crippen LogP contribution in [0, 0.1) is 0 Å². The van der Waals surface area contributed by atoms with Gasteiger partial charge >= 0.3 is 0 Å². The molecule has 0 amide bonds. The molecule has 0 bridgehead atoms. The van der Waals surface area contributed by atoms with Crippen molar-refractivity contribution in [1.29, 1.82) is 0 Å². The number of fused-ring (bicyclic) bond motifs is 1. The summed E-state index contributed by atoms with van der Waals surface area (Å²) in [6.07, 6.45) is 4.44. The highest BCUT2D eigenvalue weighted by atomic mass is 32.1. The highest BCUT2D eigenvalue weighted by Crippen LogP contribution is 2.20. The Bertz CT molecular complexity index is 516. The molecule has 0 unspecified atom stereocenters. The number of thiol groups is 1. The quantitative estimate of drug-likeness (QED) is 0.782. The molecule has 0 aliphatic carbocycles. The van der Waals surface area contributed by atoms with Crippen LogP contribution in [-0.2, 0) is 19.4 Å². The molecule has 18 heavy (non-hydrogen) atoms. The van der Waals surface area contributed by atoms with Crippen LogP contribution in [0.5, 0.6) is 0 Å². The first kappa shape index (κ1) is 13.5. The van der Waals surface area contributed by atoms with E-state index in [1.807, 2.05) is 0 Å². The van der Waals surface area contributed by atoms with E-state index in [2.05, 4.69) is 49.2 Å². The molecule has 0 fully saturated rings. The molecule has 0 N–H and O–H groups in total. The molecule has 0 aliphatic rings. The summed E-state index contributed by atoms with van der Waals surface area (Å²) >= 11 is 4.34. The van der Waals surface area contributed by atoms with Gasteiger partial charge < -0.3 is 4.57 Å². The molecule has 2 aromatic rings. The van der Waals surface area contributed by atoms with Gasteiger partial charge in [0.1, 0.15) is 5.82 Å². The number of rotatable bonds is 6. The third-order valence-corrected chi connectivity index (χ3v) is 3.59. The lowest BCUT2D eigenvalue weighted by molar-refractivity contribution is 0.620. The zero-order valence-corrected chi connectivity index (χ0v) is 12.2. The van der Waals surface area contributed by atoms with Crippen LogP contribution in [0.15, 0.2) is 18.2 Å². The monoisotopic (exact) mass is 262 g/mol. The Morgan fingerprint density at radius 1 is 1.28 bits per heavy atom. The summed E-state index contributed by atoms with van der Waals surface area (Å²) in [6, 6.07) is 6.66. The standard InChI is InChI=1S/C15H22N2S/c1-3-5-9-17-14-7-6-12(4-2)11-13(14)16-15(17)8-10-18/h6-7,11,18H,3-5,8-10H2,1-2H3. The number of hydrogen-bond donors (Lipinski definition) is 1. The first-order valence-corrected chi connectivity index (χ1v) is 7.52. The lowest BCUT2D eigenvalue weighted by atomic mass is 10.1. The van der Waals surface area contributed by atoms with Gasteiger partial charge in [-0.1, -0.05) is 26.3 Å². The smallest absolute Gasteiger partial charge is 0.110 e. The number of unbranched alkanes of at least 4 members (excludes halogenated alkanes) is 1. The number of benzene rings is 1. The van der Waals surface area contributed by atoms with Gasteiger partial charge in [0.2, 0.25) is 0 Å². The molecule has 0 aliphatic heterocycles. The van der Waals surface area contributed by atoms with Crippen LogP contribution in [0.25, 0.3) is 11.0 Å². The first-order chi connectivity index (χ1) is 8.80. The topological polar surface area (TPSA) is 17.8 Å². The van der Waals surface area contributed by atoms with Crippen molar-refractivity contribution in [3.05, 3.63) is 29.6 Å². The third kappa shape index (κ3) is 2.72. The van der Waals surface area contributed by atoms with E-state index in [4.69, 9.17) is 4.98 Å². The van der Waals surface area contributed by atoms with Gasteiger partial charge in [0.25, 0.3) is 0 Å². The number of aromatic nitrogens is 2. The second kappa shape index (κ2) is 6.28. The molecule has 3 heteroatoms. The molecule has 2 rings (SSSR count). The van der Waals surface area contributed by atoms with Crippen LogP contribution >= 0.6 is 12.6 Å². The van der Waals surface area contributed by atoms with Gasteiger partial charge in [-0.2, -0.15) is 12.6 Å². The SMILES string of the molecule is CCCCn1c(CCS)nc2cc(CC)ccc21. The maximum absolute atomic E-state index is 4.78. The van der Waals surface area contributed by atoms with Gasteiger partial charge in [-0.3, -0.25) is 0 Å². The lowest BCUT2D eigenvalue weighted by Crippen LogP contribution is -2.04. The van der Waals surface area contributed by atoms with E-state index in [0.717, 1.165) is 30.7 Å². The van der Waals surface area contributed by atoms with Crippen molar-refractivity contribution in [3.8, 4) is 0 Å². The Balaban J connectivity index is 2.45. The fourth-order valence-corrected chi connectivity index (χ4v) is 2.50. The number of aryl methyl sites for hydroxylation is 3. The summed E-state index contributed by atoms with van der Waals surface area (Å²) in [5, 5.41) is 0. The van der Waals surface area contributed by atoms with Crippen molar-refractivity contribution < 1.29 is 0 Å². The fraction of sp³-hybridized carbons (Fsp3) is 0.533. The van der Waals surface area contributed by atoms with Crippen LogP contribution in [0.1, 0.15) is 38.1 Å². The van der Waals surface area contributed by atoms with Crippen LogP contribution in [0.2, 0.25) is 0 Å². The molecule has 98 valence electrons. The summed E-state index contributed by atoms with van der Waals surface area (Å²) in [4.78, 5) is 4.78. The third-order valence-electron chi connectivity index (χ3n) is 3.37. The average molecular weight is 262 g/mol. The largest absolute Gasteiger partial charge is 0.328 e. The summed E-state index contributed by atoms with van der Waals surface area (Å²) in [6.45, 7) is 5.48. The van der Waals surface area contributed by atoms with Crippen molar-refractivity contribution in [3.63, 3.8) is 0 Å². The van der Waals surface area contributed by atoms with Crippen LogP contribution in [0.3, 0.4) is 0 Å².